The molecule has 1 aromatic carbocycles. The van der Waals surface area contributed by atoms with Crippen LogP contribution in [0.2, 0.25) is 0 Å². The summed E-state index contributed by atoms with van der Waals surface area (Å²) in [6.07, 6.45) is 1.39. The van der Waals surface area contributed by atoms with Crippen molar-refractivity contribution in [1.29, 1.82) is 0 Å². The van der Waals surface area contributed by atoms with Gasteiger partial charge in [-0.3, -0.25) is 0 Å². The lowest BCUT2D eigenvalue weighted by Crippen LogP contribution is -1.72. The molecule has 0 unspecified atom stereocenters. The summed E-state index contributed by atoms with van der Waals surface area (Å²) < 4.78 is 0. The lowest BCUT2D eigenvalue weighted by molar-refractivity contribution is 0.471. The van der Waals surface area contributed by atoms with E-state index in [4.69, 9.17) is 5.11 Å². The number of aromatic hydroxyl groups is 1. The van der Waals surface area contributed by atoms with Gasteiger partial charge < -0.3 is 5.11 Å². The first-order valence-corrected chi connectivity index (χ1v) is 3.11. The van der Waals surface area contributed by atoms with Crippen LogP contribution < -0.4 is 0 Å². The van der Waals surface area contributed by atoms with Crippen molar-refractivity contribution in [3.05, 3.63) is 23.8 Å². The second-order valence-corrected chi connectivity index (χ2v) is 2.17. The average Bonchev–Trinajstić information content (AvgIpc) is 1.98. The van der Waals surface area contributed by atoms with Crippen LogP contribution in [0.5, 0.6) is 5.75 Å². The fourth-order valence-electron chi connectivity index (χ4n) is 0.720. The van der Waals surface area contributed by atoms with Gasteiger partial charge in [0.05, 0.1) is 5.69 Å². The van der Waals surface area contributed by atoms with Gasteiger partial charge in [-0.2, -0.15) is 4.99 Å². The van der Waals surface area contributed by atoms with Crippen molar-refractivity contribution in [1.82, 2.24) is 0 Å². The number of isocyanates is 1. The van der Waals surface area contributed by atoms with Crippen LogP contribution in [0.15, 0.2) is 23.2 Å². The van der Waals surface area contributed by atoms with Gasteiger partial charge in [0.15, 0.2) is 0 Å². The van der Waals surface area contributed by atoms with E-state index in [9.17, 15) is 4.79 Å². The molecule has 0 atom stereocenters. The molecule has 0 amide bonds. The van der Waals surface area contributed by atoms with Crippen LogP contribution in [-0.4, -0.2) is 11.2 Å². The monoisotopic (exact) mass is 149 g/mol. The standard InChI is InChI=1S/C8H7NO2/c1-6-2-3-7(9-5-10)4-8(6)11/h2-4,11H,1H3. The number of benzene rings is 1. The largest absolute Gasteiger partial charge is 0.508 e. The van der Waals surface area contributed by atoms with Gasteiger partial charge in [-0.05, 0) is 18.6 Å². The van der Waals surface area contributed by atoms with Gasteiger partial charge in [0, 0.05) is 6.07 Å². The zero-order valence-electron chi connectivity index (χ0n) is 6.03. The molecule has 0 spiro atoms. The maximum atomic E-state index is 9.80. The van der Waals surface area contributed by atoms with Crippen LogP contribution in [0.1, 0.15) is 5.56 Å². The molecule has 0 fully saturated rings. The van der Waals surface area contributed by atoms with Crippen LogP contribution >= 0.6 is 0 Å². The summed E-state index contributed by atoms with van der Waals surface area (Å²) in [5, 5.41) is 9.14. The van der Waals surface area contributed by atoms with Gasteiger partial charge in [0.2, 0.25) is 6.08 Å². The second-order valence-electron chi connectivity index (χ2n) is 2.17. The normalized spacial score (nSPS) is 8.82. The van der Waals surface area contributed by atoms with E-state index in [1.54, 1.807) is 19.1 Å². The summed E-state index contributed by atoms with van der Waals surface area (Å²) in [5.74, 6) is 0.140. The zero-order valence-corrected chi connectivity index (χ0v) is 6.03. The summed E-state index contributed by atoms with van der Waals surface area (Å²) in [6, 6.07) is 4.74. The molecular formula is C8H7NO2. The van der Waals surface area contributed by atoms with Crippen LogP contribution in [0, 0.1) is 6.92 Å². The quantitative estimate of drug-likeness (QED) is 0.487. The average molecular weight is 149 g/mol. The molecule has 0 bridgehead atoms. The molecular weight excluding hydrogens is 142 g/mol. The Bertz CT molecular complexity index is 314. The van der Waals surface area contributed by atoms with Gasteiger partial charge in [-0.15, -0.1) is 0 Å². The highest BCUT2D eigenvalue weighted by atomic mass is 16.3. The number of phenols is 1. The van der Waals surface area contributed by atoms with E-state index in [0.29, 0.717) is 5.69 Å². The molecule has 3 heteroatoms. The Morgan fingerprint density at radius 2 is 2.27 bits per heavy atom. The first-order chi connectivity index (χ1) is 5.24. The van der Waals surface area contributed by atoms with Crippen molar-refractivity contribution < 1.29 is 9.90 Å². The van der Waals surface area contributed by atoms with Crippen LogP contribution in [0.25, 0.3) is 0 Å². The number of hydrogen-bond acceptors (Lipinski definition) is 3. The van der Waals surface area contributed by atoms with Crippen molar-refractivity contribution in [2.45, 2.75) is 6.92 Å². The van der Waals surface area contributed by atoms with Gasteiger partial charge in [0.25, 0.3) is 0 Å². The number of nitrogens with zero attached hydrogens (tertiary/aromatic N) is 1. The summed E-state index contributed by atoms with van der Waals surface area (Å²) in [4.78, 5) is 13.1. The number of rotatable bonds is 1. The van der Waals surface area contributed by atoms with Crippen molar-refractivity contribution >= 4 is 11.8 Å². The molecule has 3 nitrogen and oxygen atoms in total. The van der Waals surface area contributed by atoms with Crippen molar-refractivity contribution in [3.63, 3.8) is 0 Å². The lowest BCUT2D eigenvalue weighted by atomic mass is 10.2. The molecule has 0 aliphatic heterocycles. The molecule has 0 saturated heterocycles. The second kappa shape index (κ2) is 2.99. The third kappa shape index (κ3) is 1.66. The molecule has 0 heterocycles. The molecule has 0 radical (unpaired) electrons. The Labute approximate surface area is 64.0 Å². The van der Waals surface area contributed by atoms with Gasteiger partial charge in [-0.25, -0.2) is 4.79 Å². The highest BCUT2D eigenvalue weighted by Gasteiger charge is 1.95. The highest BCUT2D eigenvalue weighted by Crippen LogP contribution is 2.22. The molecule has 1 aromatic rings. The number of aryl methyl sites for hydroxylation is 1. The van der Waals surface area contributed by atoms with Crippen molar-refractivity contribution in [3.8, 4) is 5.75 Å². The Morgan fingerprint density at radius 3 is 2.82 bits per heavy atom. The van der Waals surface area contributed by atoms with Gasteiger partial charge >= 0.3 is 0 Å². The smallest absolute Gasteiger partial charge is 0.240 e. The minimum absolute atomic E-state index is 0.140. The number of carbonyl (C=O) groups excluding carboxylic acids is 1. The van der Waals surface area contributed by atoms with E-state index in [0.717, 1.165) is 5.56 Å². The molecule has 1 N–H and O–H groups in total. The molecule has 0 aliphatic carbocycles. The first kappa shape index (κ1) is 7.51. The molecule has 0 aliphatic rings. The minimum Gasteiger partial charge on any atom is -0.508 e. The third-order valence-corrected chi connectivity index (χ3v) is 1.37. The van der Waals surface area contributed by atoms with E-state index in [-0.39, 0.29) is 5.75 Å². The molecule has 0 saturated carbocycles. The van der Waals surface area contributed by atoms with E-state index in [2.05, 4.69) is 4.99 Å². The zero-order chi connectivity index (χ0) is 8.27. The molecule has 11 heavy (non-hydrogen) atoms. The van der Waals surface area contributed by atoms with E-state index < -0.39 is 0 Å². The SMILES string of the molecule is Cc1ccc(N=C=O)cc1O. The highest BCUT2D eigenvalue weighted by molar-refractivity contribution is 5.52. The van der Waals surface area contributed by atoms with Gasteiger partial charge in [-0.1, -0.05) is 6.07 Å². The van der Waals surface area contributed by atoms with E-state index in [1.807, 2.05) is 0 Å². The predicted octanol–water partition coefficient (Wildman–Crippen LogP) is 1.67. The Morgan fingerprint density at radius 1 is 1.55 bits per heavy atom. The number of phenolic OH excluding ortho intramolecular Hbond substituents is 1. The summed E-state index contributed by atoms with van der Waals surface area (Å²) >= 11 is 0. The fourth-order valence-corrected chi connectivity index (χ4v) is 0.720. The predicted molar refractivity (Wildman–Crippen MR) is 40.6 cm³/mol. The molecule has 1 rings (SSSR count). The van der Waals surface area contributed by atoms with Crippen LogP contribution in [-0.2, 0) is 4.79 Å². The summed E-state index contributed by atoms with van der Waals surface area (Å²) in [7, 11) is 0. The topological polar surface area (TPSA) is 49.7 Å². The van der Waals surface area contributed by atoms with E-state index in [1.165, 1.54) is 12.1 Å². The summed E-state index contributed by atoms with van der Waals surface area (Å²) in [6.45, 7) is 1.77. The third-order valence-electron chi connectivity index (χ3n) is 1.37. The maximum absolute atomic E-state index is 9.80. The van der Waals surface area contributed by atoms with Crippen molar-refractivity contribution in [2.75, 3.05) is 0 Å². The van der Waals surface area contributed by atoms with Crippen LogP contribution in [0.4, 0.5) is 5.69 Å². The Balaban J connectivity index is 3.14. The van der Waals surface area contributed by atoms with E-state index >= 15 is 0 Å². The lowest BCUT2D eigenvalue weighted by Gasteiger charge is -1.96. The van der Waals surface area contributed by atoms with Crippen molar-refractivity contribution in [2.24, 2.45) is 4.99 Å². The maximum Gasteiger partial charge on any atom is 0.240 e. The molecule has 0 aromatic heterocycles. The molecule has 56 valence electrons. The number of aliphatic imine (C=N–C) groups is 1. The van der Waals surface area contributed by atoms with Gasteiger partial charge in [0.1, 0.15) is 5.75 Å². The Kier molecular flexibility index (Phi) is 2.04. The summed E-state index contributed by atoms with van der Waals surface area (Å²) in [5.41, 5.74) is 1.18. The van der Waals surface area contributed by atoms with Crippen LogP contribution in [0.3, 0.4) is 0 Å². The fraction of sp³-hybridized carbons (Fsp3) is 0.125. The Hall–Kier alpha value is -1.60. The minimum atomic E-state index is 0.140. The first-order valence-electron chi connectivity index (χ1n) is 3.11. The number of hydrogen-bond donors (Lipinski definition) is 1.